The lowest BCUT2D eigenvalue weighted by Crippen LogP contribution is -2.56. The minimum absolute atomic E-state index is 0.274. The summed E-state index contributed by atoms with van der Waals surface area (Å²) in [6.07, 6.45) is 1.45. The second kappa shape index (κ2) is 7.99. The van der Waals surface area contributed by atoms with E-state index in [-0.39, 0.29) is 6.54 Å². The van der Waals surface area contributed by atoms with Gasteiger partial charge in [0.1, 0.15) is 18.3 Å². The van der Waals surface area contributed by atoms with Crippen molar-refractivity contribution in [2.75, 3.05) is 13.7 Å². The molecule has 3 aromatic rings. The Labute approximate surface area is 172 Å². The van der Waals surface area contributed by atoms with Crippen LogP contribution in [0.3, 0.4) is 0 Å². The molecule has 0 aromatic heterocycles. The van der Waals surface area contributed by atoms with Gasteiger partial charge in [0.25, 0.3) is 0 Å². The molecular formula is C25H27NO3. The lowest BCUT2D eigenvalue weighted by Gasteiger charge is -2.50. The normalized spacial score (nSPS) is 21.8. The lowest BCUT2D eigenvalue weighted by atomic mass is 9.78. The van der Waals surface area contributed by atoms with Crippen LogP contribution in [0.15, 0.2) is 84.9 Å². The molecular weight excluding hydrogens is 362 g/mol. The number of methoxy groups -OCH3 is 1. The summed E-state index contributed by atoms with van der Waals surface area (Å²) < 4.78 is 5.01. The molecule has 0 radical (unpaired) electrons. The van der Waals surface area contributed by atoms with Crippen molar-refractivity contribution in [1.29, 1.82) is 0 Å². The van der Waals surface area contributed by atoms with Crippen molar-refractivity contribution < 1.29 is 14.5 Å². The maximum absolute atomic E-state index is 14.2. The summed E-state index contributed by atoms with van der Waals surface area (Å²) in [5.74, 6) is 0.717. The molecule has 0 bridgehead atoms. The molecule has 1 aliphatic heterocycles. The van der Waals surface area contributed by atoms with E-state index in [1.165, 1.54) is 0 Å². The summed E-state index contributed by atoms with van der Waals surface area (Å²) >= 11 is 0. The van der Waals surface area contributed by atoms with Crippen LogP contribution in [0, 0.1) is 5.21 Å². The highest BCUT2D eigenvalue weighted by Crippen LogP contribution is 2.45. The highest BCUT2D eigenvalue weighted by Gasteiger charge is 2.51. The molecule has 4 heteroatoms. The van der Waals surface area contributed by atoms with Gasteiger partial charge in [0.2, 0.25) is 0 Å². The SMILES string of the molecule is COc1ccccc1C[N@@+]1([O-])CCC[C@@H]1C(O)(c1ccccc1)c1ccccc1. The Kier molecular flexibility index (Phi) is 5.41. The monoisotopic (exact) mass is 389 g/mol. The van der Waals surface area contributed by atoms with Crippen molar-refractivity contribution in [3.63, 3.8) is 0 Å². The molecule has 0 aliphatic carbocycles. The fourth-order valence-electron chi connectivity index (χ4n) is 4.74. The van der Waals surface area contributed by atoms with E-state index in [9.17, 15) is 10.3 Å². The van der Waals surface area contributed by atoms with Crippen molar-refractivity contribution in [2.24, 2.45) is 0 Å². The molecule has 1 saturated heterocycles. The van der Waals surface area contributed by atoms with Crippen LogP contribution in [-0.2, 0) is 12.1 Å². The van der Waals surface area contributed by atoms with Crippen LogP contribution in [0.1, 0.15) is 29.5 Å². The number of ether oxygens (including phenoxy) is 1. The van der Waals surface area contributed by atoms with Crippen molar-refractivity contribution in [3.8, 4) is 5.75 Å². The van der Waals surface area contributed by atoms with E-state index >= 15 is 0 Å². The van der Waals surface area contributed by atoms with Gasteiger partial charge in [-0.15, -0.1) is 0 Å². The maximum Gasteiger partial charge on any atom is 0.167 e. The lowest BCUT2D eigenvalue weighted by molar-refractivity contribution is -0.913. The molecule has 3 aromatic carbocycles. The van der Waals surface area contributed by atoms with Gasteiger partial charge in [-0.25, -0.2) is 0 Å². The van der Waals surface area contributed by atoms with Gasteiger partial charge in [-0.05, 0) is 23.3 Å². The Bertz CT molecular complexity index is 905. The first-order valence-corrected chi connectivity index (χ1v) is 10.1. The van der Waals surface area contributed by atoms with Crippen LogP contribution in [0.25, 0.3) is 0 Å². The van der Waals surface area contributed by atoms with E-state index in [1.54, 1.807) is 7.11 Å². The molecule has 4 rings (SSSR count). The number of benzene rings is 3. The molecule has 1 aliphatic rings. The van der Waals surface area contributed by atoms with Gasteiger partial charge < -0.3 is 19.7 Å². The highest BCUT2D eigenvalue weighted by atomic mass is 16.6. The molecule has 0 saturated carbocycles. The van der Waals surface area contributed by atoms with Crippen LogP contribution in [0.4, 0.5) is 0 Å². The average molecular weight is 389 g/mol. The number of rotatable bonds is 6. The van der Waals surface area contributed by atoms with Gasteiger partial charge in [-0.1, -0.05) is 72.8 Å². The molecule has 1 fully saturated rings. The second-order valence-electron chi connectivity index (χ2n) is 7.80. The van der Waals surface area contributed by atoms with E-state index in [2.05, 4.69) is 0 Å². The summed E-state index contributed by atoms with van der Waals surface area (Å²) in [5, 5.41) is 26.3. The van der Waals surface area contributed by atoms with Crippen LogP contribution in [0.2, 0.25) is 0 Å². The van der Waals surface area contributed by atoms with Crippen molar-refractivity contribution in [1.82, 2.24) is 0 Å². The molecule has 1 heterocycles. The molecule has 2 atom stereocenters. The summed E-state index contributed by atoms with van der Waals surface area (Å²) in [7, 11) is 1.62. The van der Waals surface area contributed by atoms with E-state index in [4.69, 9.17) is 4.74 Å². The third-order valence-electron chi connectivity index (χ3n) is 6.12. The smallest absolute Gasteiger partial charge is 0.167 e. The first-order valence-electron chi connectivity index (χ1n) is 10.1. The minimum Gasteiger partial charge on any atom is -0.632 e. The Morgan fingerprint density at radius 1 is 0.931 bits per heavy atom. The first kappa shape index (κ1) is 19.6. The van der Waals surface area contributed by atoms with Crippen LogP contribution in [0.5, 0.6) is 5.75 Å². The third-order valence-corrected chi connectivity index (χ3v) is 6.12. The zero-order valence-corrected chi connectivity index (χ0v) is 16.7. The first-order chi connectivity index (χ1) is 14.1. The fraction of sp³-hybridized carbons (Fsp3) is 0.280. The van der Waals surface area contributed by atoms with Crippen molar-refractivity contribution in [3.05, 3.63) is 107 Å². The van der Waals surface area contributed by atoms with Crippen molar-refractivity contribution in [2.45, 2.75) is 31.0 Å². The predicted molar refractivity (Wildman–Crippen MR) is 114 cm³/mol. The molecule has 1 N–H and O–H groups in total. The molecule has 0 unspecified atom stereocenters. The zero-order chi connectivity index (χ0) is 20.3. The van der Waals surface area contributed by atoms with Gasteiger partial charge in [0.05, 0.1) is 13.7 Å². The van der Waals surface area contributed by atoms with Crippen molar-refractivity contribution >= 4 is 0 Å². The number of aliphatic hydroxyl groups is 1. The molecule has 29 heavy (non-hydrogen) atoms. The third kappa shape index (κ3) is 3.55. The number of quaternary nitrogens is 1. The van der Waals surface area contributed by atoms with Gasteiger partial charge >= 0.3 is 0 Å². The van der Waals surface area contributed by atoms with Gasteiger partial charge in [0, 0.05) is 18.4 Å². The van der Waals surface area contributed by atoms with E-state index in [0.29, 0.717) is 13.0 Å². The Hall–Kier alpha value is -2.66. The summed E-state index contributed by atoms with van der Waals surface area (Å²) in [5.41, 5.74) is 1.04. The van der Waals surface area contributed by atoms with E-state index < -0.39 is 16.3 Å². The summed E-state index contributed by atoms with van der Waals surface area (Å²) in [6.45, 7) is 0.751. The number of hydrogen-bond donors (Lipinski definition) is 1. The molecule has 0 spiro atoms. The largest absolute Gasteiger partial charge is 0.632 e. The van der Waals surface area contributed by atoms with Crippen LogP contribution in [-0.4, -0.2) is 29.4 Å². The van der Waals surface area contributed by atoms with Gasteiger partial charge in [-0.2, -0.15) is 0 Å². The Morgan fingerprint density at radius 2 is 1.48 bits per heavy atom. The number of hydroxylamine groups is 3. The summed E-state index contributed by atoms with van der Waals surface area (Å²) in [4.78, 5) is 0. The average Bonchev–Trinajstić information content (AvgIpc) is 3.16. The number of hydrogen-bond acceptors (Lipinski definition) is 3. The minimum atomic E-state index is -1.36. The molecule has 4 nitrogen and oxygen atoms in total. The van der Waals surface area contributed by atoms with Gasteiger partial charge in [0.15, 0.2) is 5.60 Å². The quantitative estimate of drug-likeness (QED) is 0.495. The summed E-state index contributed by atoms with van der Waals surface area (Å²) in [6, 6.07) is 26.3. The van der Waals surface area contributed by atoms with Crippen LogP contribution < -0.4 is 4.74 Å². The van der Waals surface area contributed by atoms with Gasteiger partial charge in [-0.3, -0.25) is 0 Å². The van der Waals surface area contributed by atoms with E-state index in [1.807, 2.05) is 84.9 Å². The standard InChI is InChI=1S/C25H27NO3/c1-29-23-16-9-8-11-20(23)19-26(28)18-10-17-24(26)25(27,21-12-4-2-5-13-21)22-14-6-3-7-15-22/h2-9,11-16,24,27H,10,17-19H2,1H3/t24-,26+/m1/s1. The van der Waals surface area contributed by atoms with Crippen LogP contribution >= 0.6 is 0 Å². The fourth-order valence-corrected chi connectivity index (χ4v) is 4.74. The number of nitrogens with zero attached hydrogens (tertiary/aromatic N) is 1. The number of likely N-dealkylation sites (tertiary alicyclic amines) is 1. The highest BCUT2D eigenvalue weighted by molar-refractivity contribution is 5.38. The predicted octanol–water partition coefficient (Wildman–Crippen LogP) is 4.61. The zero-order valence-electron chi connectivity index (χ0n) is 16.7. The maximum atomic E-state index is 14.2. The number of para-hydroxylation sites is 1. The topological polar surface area (TPSA) is 52.5 Å². The Morgan fingerprint density at radius 3 is 2.07 bits per heavy atom. The molecule has 150 valence electrons. The Balaban J connectivity index is 1.80. The molecule has 0 amide bonds. The van der Waals surface area contributed by atoms with E-state index in [0.717, 1.165) is 28.9 Å². The second-order valence-corrected chi connectivity index (χ2v) is 7.80.